The van der Waals surface area contributed by atoms with Crippen molar-refractivity contribution in [2.75, 3.05) is 6.54 Å². The highest BCUT2D eigenvalue weighted by Gasteiger charge is 2.12. The zero-order valence-electron chi connectivity index (χ0n) is 6.36. The molecule has 0 fully saturated rings. The Balaban J connectivity index is 2.69. The van der Waals surface area contributed by atoms with Gasteiger partial charge in [0.25, 0.3) is 5.70 Å². The molecule has 0 radical (unpaired) electrons. The fourth-order valence-corrected chi connectivity index (χ4v) is 0.914. The van der Waals surface area contributed by atoms with E-state index in [1.807, 2.05) is 13.1 Å². The Labute approximate surface area is 65.0 Å². The molecule has 0 atom stereocenters. The molecule has 0 aliphatic carbocycles. The minimum Gasteiger partial charge on any atom is -0.349 e. The van der Waals surface area contributed by atoms with Crippen LogP contribution in [0.1, 0.15) is 13.3 Å². The molecular weight excluding hydrogens is 144 g/mol. The lowest BCUT2D eigenvalue weighted by Gasteiger charge is -2.14. The molecule has 60 valence electrons. The van der Waals surface area contributed by atoms with E-state index in [-0.39, 0.29) is 10.6 Å². The first-order valence-electron chi connectivity index (χ1n) is 3.51. The molecule has 0 unspecified atom stereocenters. The summed E-state index contributed by atoms with van der Waals surface area (Å²) in [4.78, 5) is 11.7. The summed E-state index contributed by atoms with van der Waals surface area (Å²) in [5.41, 5.74) is 0.259. The Kier molecular flexibility index (Phi) is 2.25. The van der Waals surface area contributed by atoms with Gasteiger partial charge in [0, 0.05) is 12.7 Å². The van der Waals surface area contributed by atoms with E-state index in [4.69, 9.17) is 0 Å². The summed E-state index contributed by atoms with van der Waals surface area (Å²) in [5, 5.41) is 10.3. The van der Waals surface area contributed by atoms with Gasteiger partial charge in [-0.1, -0.05) is 6.08 Å². The van der Waals surface area contributed by atoms with Crippen LogP contribution in [0, 0.1) is 10.1 Å². The van der Waals surface area contributed by atoms with E-state index in [1.54, 1.807) is 17.2 Å². The Morgan fingerprint density at radius 2 is 2.55 bits per heavy atom. The standard InChI is InChI=1S/C7H10N2O2/c1-2-8-5-3-4-7(6-8)9(10)11/h3,5-6H,2,4H2,1H3. The smallest absolute Gasteiger partial charge is 0.266 e. The Morgan fingerprint density at radius 3 is 3.09 bits per heavy atom. The normalized spacial score (nSPS) is 16.5. The first-order chi connectivity index (χ1) is 5.24. The van der Waals surface area contributed by atoms with Gasteiger partial charge in [0.05, 0.1) is 17.5 Å². The summed E-state index contributed by atoms with van der Waals surface area (Å²) in [6.45, 7) is 2.72. The second kappa shape index (κ2) is 3.18. The molecule has 4 heteroatoms. The topological polar surface area (TPSA) is 46.4 Å². The second-order valence-corrected chi connectivity index (χ2v) is 2.30. The maximum Gasteiger partial charge on any atom is 0.266 e. The van der Waals surface area contributed by atoms with Gasteiger partial charge in [-0.25, -0.2) is 0 Å². The third kappa shape index (κ3) is 1.80. The van der Waals surface area contributed by atoms with Gasteiger partial charge >= 0.3 is 0 Å². The van der Waals surface area contributed by atoms with Crippen LogP contribution in [0.15, 0.2) is 24.2 Å². The van der Waals surface area contributed by atoms with Gasteiger partial charge in [-0.05, 0) is 6.92 Å². The van der Waals surface area contributed by atoms with E-state index in [0.29, 0.717) is 6.42 Å². The lowest BCUT2D eigenvalue weighted by atomic mass is 10.3. The Morgan fingerprint density at radius 1 is 1.82 bits per heavy atom. The van der Waals surface area contributed by atoms with Crippen LogP contribution in [-0.4, -0.2) is 16.4 Å². The fraction of sp³-hybridized carbons (Fsp3) is 0.429. The highest BCUT2D eigenvalue weighted by atomic mass is 16.6. The van der Waals surface area contributed by atoms with Gasteiger partial charge in [0.15, 0.2) is 0 Å². The lowest BCUT2D eigenvalue weighted by Crippen LogP contribution is -2.14. The van der Waals surface area contributed by atoms with Gasteiger partial charge < -0.3 is 4.90 Å². The van der Waals surface area contributed by atoms with Crippen molar-refractivity contribution in [2.45, 2.75) is 13.3 Å². The van der Waals surface area contributed by atoms with Gasteiger partial charge in [0.2, 0.25) is 0 Å². The van der Waals surface area contributed by atoms with E-state index in [1.165, 1.54) is 0 Å². The molecule has 0 saturated carbocycles. The average Bonchev–Trinajstić information content (AvgIpc) is 2.05. The molecule has 0 aromatic rings. The molecule has 0 aromatic carbocycles. The molecular formula is C7H10N2O2. The monoisotopic (exact) mass is 154 g/mol. The minimum absolute atomic E-state index is 0.259. The highest BCUT2D eigenvalue weighted by Crippen LogP contribution is 2.11. The summed E-state index contributed by atoms with van der Waals surface area (Å²) in [6.07, 6.45) is 5.65. The van der Waals surface area contributed by atoms with Crippen LogP contribution >= 0.6 is 0 Å². The maximum atomic E-state index is 10.3. The van der Waals surface area contributed by atoms with Gasteiger partial charge in [0.1, 0.15) is 0 Å². The summed E-state index contributed by atoms with van der Waals surface area (Å²) >= 11 is 0. The van der Waals surface area contributed by atoms with Gasteiger partial charge in [-0.2, -0.15) is 0 Å². The number of hydrogen-bond donors (Lipinski definition) is 0. The summed E-state index contributed by atoms with van der Waals surface area (Å²) in [7, 11) is 0. The molecule has 1 heterocycles. The summed E-state index contributed by atoms with van der Waals surface area (Å²) < 4.78 is 0. The van der Waals surface area contributed by atoms with Crippen molar-refractivity contribution >= 4 is 0 Å². The quantitative estimate of drug-likeness (QED) is 0.445. The van der Waals surface area contributed by atoms with E-state index < -0.39 is 0 Å². The fourth-order valence-electron chi connectivity index (χ4n) is 0.914. The van der Waals surface area contributed by atoms with Crippen LogP contribution in [0.2, 0.25) is 0 Å². The molecule has 1 rings (SSSR count). The zero-order valence-corrected chi connectivity index (χ0v) is 6.36. The molecule has 0 N–H and O–H groups in total. The number of nitro groups is 1. The van der Waals surface area contributed by atoms with Crippen molar-refractivity contribution in [2.24, 2.45) is 0 Å². The largest absolute Gasteiger partial charge is 0.349 e. The predicted molar refractivity (Wildman–Crippen MR) is 41.2 cm³/mol. The molecule has 11 heavy (non-hydrogen) atoms. The van der Waals surface area contributed by atoms with Crippen molar-refractivity contribution in [3.8, 4) is 0 Å². The van der Waals surface area contributed by atoms with Crippen LogP contribution in [-0.2, 0) is 0 Å². The summed E-state index contributed by atoms with van der Waals surface area (Å²) in [6, 6.07) is 0. The molecule has 0 saturated heterocycles. The molecule has 0 amide bonds. The molecule has 0 spiro atoms. The van der Waals surface area contributed by atoms with E-state index in [0.717, 1.165) is 6.54 Å². The third-order valence-electron chi connectivity index (χ3n) is 1.54. The molecule has 0 aromatic heterocycles. The van der Waals surface area contributed by atoms with Crippen molar-refractivity contribution in [3.63, 3.8) is 0 Å². The average molecular weight is 154 g/mol. The lowest BCUT2D eigenvalue weighted by molar-refractivity contribution is -0.428. The Bertz CT molecular complexity index is 220. The molecule has 1 aliphatic heterocycles. The second-order valence-electron chi connectivity index (χ2n) is 2.30. The highest BCUT2D eigenvalue weighted by molar-refractivity contribution is 5.06. The molecule has 4 nitrogen and oxygen atoms in total. The van der Waals surface area contributed by atoms with Crippen molar-refractivity contribution < 1.29 is 4.92 Å². The van der Waals surface area contributed by atoms with E-state index >= 15 is 0 Å². The molecule has 1 aliphatic rings. The molecule has 0 bridgehead atoms. The van der Waals surface area contributed by atoms with Crippen molar-refractivity contribution in [3.05, 3.63) is 34.3 Å². The minimum atomic E-state index is -0.341. The predicted octanol–water partition coefficient (Wildman–Crippen LogP) is 1.34. The van der Waals surface area contributed by atoms with Crippen LogP contribution < -0.4 is 0 Å². The van der Waals surface area contributed by atoms with Crippen LogP contribution in [0.25, 0.3) is 0 Å². The van der Waals surface area contributed by atoms with Crippen molar-refractivity contribution in [1.29, 1.82) is 0 Å². The zero-order chi connectivity index (χ0) is 8.27. The van der Waals surface area contributed by atoms with Gasteiger partial charge in [-0.3, -0.25) is 10.1 Å². The first-order valence-corrected chi connectivity index (χ1v) is 3.51. The van der Waals surface area contributed by atoms with E-state index in [2.05, 4.69) is 0 Å². The summed E-state index contributed by atoms with van der Waals surface area (Å²) in [5.74, 6) is 0. The third-order valence-corrected chi connectivity index (χ3v) is 1.54. The van der Waals surface area contributed by atoms with E-state index in [9.17, 15) is 10.1 Å². The number of nitrogens with zero attached hydrogens (tertiary/aromatic N) is 2. The van der Waals surface area contributed by atoms with Crippen LogP contribution in [0.3, 0.4) is 0 Å². The SMILES string of the molecule is CCN1C=CCC([N+](=O)[O-])=C1. The Hall–Kier alpha value is -1.32. The van der Waals surface area contributed by atoms with Gasteiger partial charge in [-0.15, -0.1) is 0 Å². The number of hydrogen-bond acceptors (Lipinski definition) is 3. The van der Waals surface area contributed by atoms with Crippen LogP contribution in [0.4, 0.5) is 0 Å². The maximum absolute atomic E-state index is 10.3. The number of rotatable bonds is 2. The first kappa shape index (κ1) is 7.78. The van der Waals surface area contributed by atoms with Crippen LogP contribution in [0.5, 0.6) is 0 Å². The van der Waals surface area contributed by atoms with Crippen molar-refractivity contribution in [1.82, 2.24) is 4.90 Å². The number of allylic oxidation sites excluding steroid dienone is 1.